The highest BCUT2D eigenvalue weighted by molar-refractivity contribution is 7.92. The van der Waals surface area contributed by atoms with Crippen LogP contribution >= 0.6 is 0 Å². The van der Waals surface area contributed by atoms with Gasteiger partial charge in [0.15, 0.2) is 5.82 Å². The molecule has 0 aliphatic rings. The predicted molar refractivity (Wildman–Crippen MR) is 64.8 cm³/mol. The first-order valence-corrected chi connectivity index (χ1v) is 6.55. The van der Waals surface area contributed by atoms with Crippen molar-refractivity contribution in [1.82, 2.24) is 9.78 Å². The molecule has 6 nitrogen and oxygen atoms in total. The summed E-state index contributed by atoms with van der Waals surface area (Å²) in [6, 6.07) is 2.98. The first-order valence-electron chi connectivity index (χ1n) is 5.07. The van der Waals surface area contributed by atoms with Gasteiger partial charge in [0.25, 0.3) is 10.0 Å². The predicted octanol–water partition coefficient (Wildman–Crippen LogP) is 1.08. The number of hydrogen-bond donors (Lipinski definition) is 2. The smallest absolute Gasteiger partial charge is 0.266 e. The highest BCUT2D eigenvalue weighted by Crippen LogP contribution is 2.24. The van der Waals surface area contributed by atoms with Gasteiger partial charge >= 0.3 is 0 Å². The minimum atomic E-state index is -4.21. The number of halogens is 2. The minimum Gasteiger partial charge on any atom is -0.394 e. The van der Waals surface area contributed by atoms with Crippen molar-refractivity contribution < 1.29 is 17.2 Å². The summed E-state index contributed by atoms with van der Waals surface area (Å²) in [5.41, 5.74) is 4.28. The van der Waals surface area contributed by atoms with Gasteiger partial charge in [-0.2, -0.15) is 5.10 Å². The molecule has 2 rings (SSSR count). The van der Waals surface area contributed by atoms with Gasteiger partial charge in [0.2, 0.25) is 0 Å². The van der Waals surface area contributed by atoms with E-state index in [0.29, 0.717) is 0 Å². The summed E-state index contributed by atoms with van der Waals surface area (Å²) < 4.78 is 54.0. The molecule has 19 heavy (non-hydrogen) atoms. The van der Waals surface area contributed by atoms with Crippen molar-refractivity contribution in [1.29, 1.82) is 0 Å². The number of nitrogen functional groups attached to an aromatic ring is 1. The highest BCUT2D eigenvalue weighted by atomic mass is 32.2. The molecule has 1 aromatic heterocycles. The molecule has 1 aromatic carbocycles. The van der Waals surface area contributed by atoms with E-state index in [2.05, 4.69) is 9.82 Å². The second kappa shape index (κ2) is 4.50. The summed E-state index contributed by atoms with van der Waals surface area (Å²) in [7, 11) is -2.70. The molecule has 0 saturated heterocycles. The Bertz CT molecular complexity index is 727. The van der Waals surface area contributed by atoms with Gasteiger partial charge in [0.1, 0.15) is 22.2 Å². The molecule has 0 aliphatic heterocycles. The minimum absolute atomic E-state index is 0.141. The van der Waals surface area contributed by atoms with Crippen LogP contribution in [-0.4, -0.2) is 18.2 Å². The summed E-state index contributed by atoms with van der Waals surface area (Å²) in [6.07, 6.45) is 1.37. The van der Waals surface area contributed by atoms with Crippen LogP contribution in [0.15, 0.2) is 29.3 Å². The van der Waals surface area contributed by atoms with Crippen LogP contribution in [0.25, 0.3) is 0 Å². The zero-order chi connectivity index (χ0) is 14.2. The molecule has 2 aromatic rings. The van der Waals surface area contributed by atoms with Gasteiger partial charge in [0.05, 0.1) is 6.20 Å². The van der Waals surface area contributed by atoms with Gasteiger partial charge in [0, 0.05) is 13.1 Å². The molecule has 0 unspecified atom stereocenters. The molecule has 0 bridgehead atoms. The fraction of sp³-hybridized carbons (Fsp3) is 0.100. The monoisotopic (exact) mass is 288 g/mol. The van der Waals surface area contributed by atoms with Crippen molar-refractivity contribution in [2.24, 2.45) is 7.05 Å². The maximum Gasteiger partial charge on any atom is 0.266 e. The van der Waals surface area contributed by atoms with Crippen molar-refractivity contribution in [3.63, 3.8) is 0 Å². The average Bonchev–Trinajstić information content (AvgIpc) is 2.71. The number of sulfonamides is 1. The van der Waals surface area contributed by atoms with E-state index in [9.17, 15) is 17.2 Å². The van der Waals surface area contributed by atoms with Crippen LogP contribution in [0.2, 0.25) is 0 Å². The van der Waals surface area contributed by atoms with E-state index in [1.165, 1.54) is 24.0 Å². The number of anilines is 2. The standard InChI is InChI=1S/C10H10F2N4O2S/c1-16-8(4-5-14-16)15-19(17,18)7-3-2-6(11)10(13)9(7)12/h2-5,15H,13H2,1H3. The van der Waals surface area contributed by atoms with Crippen molar-refractivity contribution >= 4 is 21.5 Å². The van der Waals surface area contributed by atoms with Crippen LogP contribution in [0, 0.1) is 11.6 Å². The van der Waals surface area contributed by atoms with Crippen LogP contribution < -0.4 is 10.5 Å². The summed E-state index contributed by atoms with van der Waals surface area (Å²) in [5, 5.41) is 3.76. The number of aromatic nitrogens is 2. The molecule has 0 amide bonds. The topological polar surface area (TPSA) is 90.0 Å². The molecular formula is C10H10F2N4O2S. The third-order valence-corrected chi connectivity index (χ3v) is 3.81. The van der Waals surface area contributed by atoms with E-state index < -0.39 is 32.2 Å². The molecule has 0 spiro atoms. The summed E-state index contributed by atoms with van der Waals surface area (Å²) >= 11 is 0. The normalized spacial score (nSPS) is 11.5. The quantitative estimate of drug-likeness (QED) is 0.827. The van der Waals surface area contributed by atoms with Gasteiger partial charge in [-0.1, -0.05) is 0 Å². The Morgan fingerprint density at radius 3 is 2.58 bits per heavy atom. The zero-order valence-corrected chi connectivity index (χ0v) is 10.6. The number of aryl methyl sites for hydroxylation is 1. The van der Waals surface area contributed by atoms with Crippen LogP contribution in [-0.2, 0) is 17.1 Å². The largest absolute Gasteiger partial charge is 0.394 e. The Morgan fingerprint density at radius 1 is 1.32 bits per heavy atom. The van der Waals surface area contributed by atoms with Gasteiger partial charge in [-0.05, 0) is 12.1 Å². The molecule has 0 fully saturated rings. The Labute approximate surface area is 107 Å². The van der Waals surface area contributed by atoms with Crippen LogP contribution in [0.3, 0.4) is 0 Å². The fourth-order valence-electron chi connectivity index (χ4n) is 1.42. The molecule has 0 atom stereocenters. The molecule has 0 aliphatic carbocycles. The maximum atomic E-state index is 13.7. The van der Waals surface area contributed by atoms with Crippen LogP contribution in [0.5, 0.6) is 0 Å². The lowest BCUT2D eigenvalue weighted by molar-refractivity contribution is 0.557. The van der Waals surface area contributed by atoms with Crippen molar-refractivity contribution in [3.8, 4) is 0 Å². The second-order valence-electron chi connectivity index (χ2n) is 3.72. The van der Waals surface area contributed by atoms with Crippen molar-refractivity contribution in [2.75, 3.05) is 10.5 Å². The lowest BCUT2D eigenvalue weighted by atomic mass is 10.3. The number of nitrogens with two attached hydrogens (primary N) is 1. The molecular weight excluding hydrogens is 278 g/mol. The fourth-order valence-corrected chi connectivity index (χ4v) is 2.60. The van der Waals surface area contributed by atoms with Crippen molar-refractivity contribution in [3.05, 3.63) is 36.0 Å². The maximum absolute atomic E-state index is 13.7. The lowest BCUT2D eigenvalue weighted by Crippen LogP contribution is -2.17. The van der Waals surface area contributed by atoms with Gasteiger partial charge < -0.3 is 5.73 Å². The first-order chi connectivity index (χ1) is 8.83. The van der Waals surface area contributed by atoms with Gasteiger partial charge in [-0.15, -0.1) is 0 Å². The molecule has 0 radical (unpaired) electrons. The highest BCUT2D eigenvalue weighted by Gasteiger charge is 2.23. The second-order valence-corrected chi connectivity index (χ2v) is 5.37. The summed E-state index contributed by atoms with van der Waals surface area (Å²) in [5.74, 6) is -2.20. The molecule has 102 valence electrons. The summed E-state index contributed by atoms with van der Waals surface area (Å²) in [4.78, 5) is -0.729. The van der Waals surface area contributed by atoms with Crippen LogP contribution in [0.4, 0.5) is 20.3 Å². The Hall–Kier alpha value is -2.16. The summed E-state index contributed by atoms with van der Waals surface area (Å²) in [6.45, 7) is 0. The Balaban J connectivity index is 2.46. The molecule has 9 heteroatoms. The molecule has 0 saturated carbocycles. The third kappa shape index (κ3) is 2.36. The zero-order valence-electron chi connectivity index (χ0n) is 9.76. The lowest BCUT2D eigenvalue weighted by Gasteiger charge is -2.10. The number of rotatable bonds is 3. The average molecular weight is 288 g/mol. The Kier molecular flexibility index (Phi) is 3.14. The van der Waals surface area contributed by atoms with Gasteiger partial charge in [-0.25, -0.2) is 17.2 Å². The number of nitrogens with zero attached hydrogens (tertiary/aromatic N) is 2. The SMILES string of the molecule is Cn1nccc1NS(=O)(=O)c1ccc(F)c(N)c1F. The first kappa shape index (κ1) is 13.3. The molecule has 1 heterocycles. The van der Waals surface area contributed by atoms with E-state index in [1.54, 1.807) is 0 Å². The van der Waals surface area contributed by atoms with E-state index in [4.69, 9.17) is 5.73 Å². The van der Waals surface area contributed by atoms with E-state index in [1.807, 2.05) is 0 Å². The third-order valence-electron chi connectivity index (χ3n) is 2.44. The number of benzene rings is 1. The van der Waals surface area contributed by atoms with Crippen molar-refractivity contribution in [2.45, 2.75) is 4.90 Å². The van der Waals surface area contributed by atoms with E-state index in [0.717, 1.165) is 12.1 Å². The Morgan fingerprint density at radius 2 is 2.00 bits per heavy atom. The number of hydrogen-bond acceptors (Lipinski definition) is 4. The van der Waals surface area contributed by atoms with Gasteiger partial charge in [-0.3, -0.25) is 9.40 Å². The number of nitrogens with one attached hydrogen (secondary N) is 1. The van der Waals surface area contributed by atoms with E-state index in [-0.39, 0.29) is 5.82 Å². The van der Waals surface area contributed by atoms with Crippen LogP contribution in [0.1, 0.15) is 0 Å². The molecule has 3 N–H and O–H groups in total. The van der Waals surface area contributed by atoms with E-state index >= 15 is 0 Å².